The molecule has 0 radical (unpaired) electrons. The first-order chi connectivity index (χ1) is 15.3. The van der Waals surface area contributed by atoms with E-state index in [1.165, 1.54) is 0 Å². The first-order valence-corrected chi connectivity index (χ1v) is 10.8. The molecule has 13 heteroatoms. The smallest absolute Gasteiger partial charge is 0.444 e. The summed E-state index contributed by atoms with van der Waals surface area (Å²) in [6, 6.07) is 3.47. The maximum absolute atomic E-state index is 12.6. The molecule has 1 aromatic heterocycles. The van der Waals surface area contributed by atoms with Gasteiger partial charge in [0, 0.05) is 50.8 Å². The largest absolute Gasteiger partial charge is 0.673 e. The molecular weight excluding hydrogens is 445 g/mol. The lowest BCUT2D eigenvalue weighted by molar-refractivity contribution is -0.133. The first-order valence-electron chi connectivity index (χ1n) is 10.8. The Balaban J connectivity index is 0.000000981. The number of hydrogen-bond acceptors (Lipinski definition) is 6. The Morgan fingerprint density at radius 1 is 1.12 bits per heavy atom. The quantitative estimate of drug-likeness (QED) is 0.355. The van der Waals surface area contributed by atoms with Gasteiger partial charge >= 0.3 is 13.3 Å². The second-order valence-corrected chi connectivity index (χ2v) is 8.54. The minimum Gasteiger partial charge on any atom is -0.444 e. The van der Waals surface area contributed by atoms with E-state index in [0.29, 0.717) is 26.1 Å². The van der Waals surface area contributed by atoms with Crippen LogP contribution in [0.4, 0.5) is 27.7 Å². The molecule has 8 nitrogen and oxygen atoms in total. The van der Waals surface area contributed by atoms with Gasteiger partial charge in [0.25, 0.3) is 0 Å². The van der Waals surface area contributed by atoms with Gasteiger partial charge in [-0.15, -0.1) is 0 Å². The molecule has 3 N–H and O–H groups in total. The Morgan fingerprint density at radius 3 is 2.18 bits per heavy atom. The summed E-state index contributed by atoms with van der Waals surface area (Å²) in [5.74, 6) is 0.00878. The molecule has 1 saturated heterocycles. The van der Waals surface area contributed by atoms with E-state index >= 15 is 0 Å². The summed E-state index contributed by atoms with van der Waals surface area (Å²) >= 11 is 0. The maximum Gasteiger partial charge on any atom is 0.673 e. The molecule has 2 heterocycles. The topological polar surface area (TPSA) is 101 Å². The van der Waals surface area contributed by atoms with Gasteiger partial charge in [0.2, 0.25) is 5.91 Å². The molecule has 1 fully saturated rings. The van der Waals surface area contributed by atoms with E-state index in [1.54, 1.807) is 12.4 Å². The molecule has 0 aromatic carbocycles. The van der Waals surface area contributed by atoms with Crippen molar-refractivity contribution < 1.29 is 31.6 Å². The number of carbonyl (C=O) groups excluding carboxylic acids is 2. The fourth-order valence-corrected chi connectivity index (χ4v) is 3.09. The van der Waals surface area contributed by atoms with Crippen molar-refractivity contribution in [3.05, 3.63) is 24.5 Å². The van der Waals surface area contributed by atoms with E-state index in [-0.39, 0.29) is 5.91 Å². The predicted molar refractivity (Wildman–Crippen MR) is 119 cm³/mol. The normalized spacial score (nSPS) is 15.3. The molecule has 33 heavy (non-hydrogen) atoms. The van der Waals surface area contributed by atoms with Crippen molar-refractivity contribution in [2.45, 2.75) is 51.7 Å². The molecule has 0 bridgehead atoms. The number of hydrogen-bond donors (Lipinski definition) is 2. The Hall–Kier alpha value is -2.57. The lowest BCUT2D eigenvalue weighted by Gasteiger charge is -2.37. The highest BCUT2D eigenvalue weighted by molar-refractivity contribution is 6.50. The number of nitrogens with one attached hydrogen (secondary N) is 1. The third kappa shape index (κ3) is 13.6. The number of pyridine rings is 1. The van der Waals surface area contributed by atoms with E-state index in [9.17, 15) is 26.9 Å². The van der Waals surface area contributed by atoms with E-state index in [2.05, 4.69) is 15.2 Å². The van der Waals surface area contributed by atoms with Gasteiger partial charge < -0.3 is 42.8 Å². The molecular formula is C20H33BF4N5O3-. The predicted octanol–water partition coefficient (Wildman–Crippen LogP) is 3.05. The number of anilines is 1. The number of ether oxygens (including phenoxy) is 1. The maximum atomic E-state index is 12.6. The van der Waals surface area contributed by atoms with Crippen LogP contribution in [0.15, 0.2) is 24.5 Å². The zero-order chi connectivity index (χ0) is 25.1. The van der Waals surface area contributed by atoms with Crippen molar-refractivity contribution in [2.24, 2.45) is 5.73 Å². The standard InChI is InChI=1S/C20H33N5O3.BF4/c1-20(2,3)28-19(27)23-9-5-4-6-17(21)18(26)25-14-12-24(13-15-25)16-7-10-22-11-8-16;2-1(3,4)5/h7-8,10-11,17H,4-6,9,12-15,21H2,1-3H3,(H,23,27);/q;-1/t17-;/m0./s1. The molecule has 0 spiro atoms. The molecule has 0 saturated carbocycles. The van der Waals surface area contributed by atoms with Gasteiger partial charge in [-0.3, -0.25) is 9.78 Å². The third-order valence-corrected chi connectivity index (χ3v) is 4.55. The molecule has 0 unspecified atom stereocenters. The molecule has 0 aliphatic carbocycles. The number of nitrogens with zero attached hydrogens (tertiary/aromatic N) is 3. The van der Waals surface area contributed by atoms with Crippen LogP contribution in [0.5, 0.6) is 0 Å². The number of halogens is 4. The number of nitrogens with two attached hydrogens (primary N) is 1. The fourth-order valence-electron chi connectivity index (χ4n) is 3.09. The van der Waals surface area contributed by atoms with Gasteiger partial charge in [-0.1, -0.05) is 0 Å². The van der Waals surface area contributed by atoms with Crippen molar-refractivity contribution in [1.29, 1.82) is 0 Å². The van der Waals surface area contributed by atoms with E-state index in [0.717, 1.165) is 31.6 Å². The fraction of sp³-hybridized carbons (Fsp3) is 0.650. The van der Waals surface area contributed by atoms with Crippen LogP contribution in [0.3, 0.4) is 0 Å². The summed E-state index contributed by atoms with van der Waals surface area (Å²) in [6.45, 7) is 8.94. The number of unbranched alkanes of at least 4 members (excludes halogenated alkanes) is 1. The van der Waals surface area contributed by atoms with E-state index in [4.69, 9.17) is 10.5 Å². The Kier molecular flexibility index (Phi) is 11.4. The van der Waals surface area contributed by atoms with Gasteiger partial charge in [-0.2, -0.15) is 0 Å². The number of piperazine rings is 1. The zero-order valence-electron chi connectivity index (χ0n) is 19.3. The molecule has 1 atom stereocenters. The van der Waals surface area contributed by atoms with Crippen molar-refractivity contribution in [3.8, 4) is 0 Å². The SMILES string of the molecule is CC(C)(C)OC(=O)NCCCC[C@H](N)C(=O)N1CCN(c2ccncc2)CC1.F[B-](F)(F)F. The molecule has 1 aromatic rings. The lowest BCUT2D eigenvalue weighted by atomic mass is 10.1. The van der Waals surface area contributed by atoms with E-state index < -0.39 is 25.0 Å². The van der Waals surface area contributed by atoms with Crippen molar-refractivity contribution in [2.75, 3.05) is 37.6 Å². The van der Waals surface area contributed by atoms with E-state index in [1.807, 2.05) is 37.8 Å². The van der Waals surface area contributed by atoms with Crippen LogP contribution in [0, 0.1) is 0 Å². The summed E-state index contributed by atoms with van der Waals surface area (Å²) in [4.78, 5) is 32.3. The minimum absolute atomic E-state index is 0.00878. The summed E-state index contributed by atoms with van der Waals surface area (Å²) in [6.07, 6.45) is 5.29. The van der Waals surface area contributed by atoms with Crippen molar-refractivity contribution in [3.63, 3.8) is 0 Å². The summed E-state index contributed by atoms with van der Waals surface area (Å²) in [5.41, 5.74) is 6.72. The third-order valence-electron chi connectivity index (χ3n) is 4.55. The second kappa shape index (κ2) is 13.2. The van der Waals surface area contributed by atoms with Crippen LogP contribution in [0.2, 0.25) is 0 Å². The van der Waals surface area contributed by atoms with Crippen LogP contribution in [-0.4, -0.2) is 73.5 Å². The molecule has 188 valence electrons. The van der Waals surface area contributed by atoms with Gasteiger partial charge in [-0.25, -0.2) is 4.79 Å². The Labute approximate surface area is 191 Å². The first kappa shape index (κ1) is 28.5. The second-order valence-electron chi connectivity index (χ2n) is 8.54. The van der Waals surface area contributed by atoms with Crippen molar-refractivity contribution in [1.82, 2.24) is 15.2 Å². The molecule has 1 aliphatic rings. The van der Waals surface area contributed by atoms with Gasteiger partial charge in [0.15, 0.2) is 0 Å². The number of rotatable bonds is 7. The van der Waals surface area contributed by atoms with Crippen LogP contribution in [-0.2, 0) is 9.53 Å². The Morgan fingerprint density at radius 2 is 1.67 bits per heavy atom. The van der Waals surface area contributed by atoms with Crippen LogP contribution < -0.4 is 16.0 Å². The number of amides is 2. The number of carbonyl (C=O) groups is 2. The monoisotopic (exact) mass is 478 g/mol. The molecule has 2 rings (SSSR count). The van der Waals surface area contributed by atoms with Crippen molar-refractivity contribution >= 4 is 24.9 Å². The Bertz CT molecular complexity index is 721. The highest BCUT2D eigenvalue weighted by atomic mass is 19.5. The van der Waals surface area contributed by atoms with Crippen LogP contribution in [0.1, 0.15) is 40.0 Å². The minimum atomic E-state index is -6.00. The number of alkyl carbamates (subject to hydrolysis) is 1. The summed E-state index contributed by atoms with van der Waals surface area (Å²) in [5, 5.41) is 2.72. The molecule has 2 amide bonds. The average molecular weight is 478 g/mol. The average Bonchev–Trinajstić information content (AvgIpc) is 2.71. The van der Waals surface area contributed by atoms with Gasteiger partial charge in [-0.05, 0) is 52.2 Å². The molecule has 1 aliphatic heterocycles. The van der Waals surface area contributed by atoms with Gasteiger partial charge in [0.05, 0.1) is 6.04 Å². The highest BCUT2D eigenvalue weighted by Gasteiger charge is 2.25. The highest BCUT2D eigenvalue weighted by Crippen LogP contribution is 2.15. The lowest BCUT2D eigenvalue weighted by Crippen LogP contribution is -2.53. The summed E-state index contributed by atoms with van der Waals surface area (Å²) < 4.78 is 44.2. The number of aromatic nitrogens is 1. The summed E-state index contributed by atoms with van der Waals surface area (Å²) in [7, 11) is -6.00. The van der Waals surface area contributed by atoms with Crippen LogP contribution in [0.25, 0.3) is 0 Å². The zero-order valence-corrected chi connectivity index (χ0v) is 19.3. The van der Waals surface area contributed by atoms with Gasteiger partial charge in [0.1, 0.15) is 5.60 Å². The van der Waals surface area contributed by atoms with Crippen LogP contribution >= 0.6 is 0 Å².